The van der Waals surface area contributed by atoms with E-state index in [1.165, 1.54) is 17.9 Å². The first-order valence-electron chi connectivity index (χ1n) is 18.7. The average molecular weight is 708 g/mol. The fraction of sp³-hybridized carbons (Fsp3) is 0.442. The lowest BCUT2D eigenvalue weighted by molar-refractivity contribution is -0.147. The van der Waals surface area contributed by atoms with Gasteiger partial charge in [-0.1, -0.05) is 43.2 Å². The number of aromatic nitrogens is 1. The van der Waals surface area contributed by atoms with Crippen LogP contribution in [0, 0.1) is 11.8 Å². The minimum Gasteiger partial charge on any atom is -0.504 e. The summed E-state index contributed by atoms with van der Waals surface area (Å²) in [7, 11) is 1.59. The predicted molar refractivity (Wildman–Crippen MR) is 199 cm³/mol. The second-order valence-corrected chi connectivity index (χ2v) is 14.6. The van der Waals surface area contributed by atoms with E-state index >= 15 is 0 Å². The Bertz CT molecular complexity index is 1990. The maximum Gasteiger partial charge on any atom is 0.302 e. The fourth-order valence-electron chi connectivity index (χ4n) is 9.09. The SMILES string of the molecule is COc1cc2c3c(c1O)CCCc1c([nH]c4ccccc14)C3=C[C@H]1CCCC[C@@H]1[C@H]2CC(=O)C[C@@H](CCc1ccc(O)c(OCCO)c1)OC(C)=O. The van der Waals surface area contributed by atoms with Crippen molar-refractivity contribution in [3.05, 3.63) is 88.1 Å². The molecular formula is C43H49NO8. The highest BCUT2D eigenvalue weighted by atomic mass is 16.5. The van der Waals surface area contributed by atoms with E-state index in [-0.39, 0.29) is 60.4 Å². The third-order valence-corrected chi connectivity index (χ3v) is 11.4. The van der Waals surface area contributed by atoms with Gasteiger partial charge in [0.1, 0.15) is 18.5 Å². The van der Waals surface area contributed by atoms with Gasteiger partial charge in [-0.2, -0.15) is 0 Å². The molecule has 4 N–H and O–H groups in total. The minimum absolute atomic E-state index is 0.0221. The number of esters is 1. The van der Waals surface area contributed by atoms with Gasteiger partial charge < -0.3 is 34.5 Å². The largest absolute Gasteiger partial charge is 0.504 e. The number of aryl methyl sites for hydroxylation is 2. The van der Waals surface area contributed by atoms with Crippen LogP contribution in [-0.2, 0) is 33.6 Å². The van der Waals surface area contributed by atoms with E-state index in [0.29, 0.717) is 31.4 Å². The molecule has 1 saturated carbocycles. The summed E-state index contributed by atoms with van der Waals surface area (Å²) < 4.78 is 17.0. The molecular weight excluding hydrogens is 658 g/mol. The molecule has 7 rings (SSSR count). The number of nitrogens with one attached hydrogen (secondary N) is 1. The Morgan fingerprint density at radius 1 is 0.981 bits per heavy atom. The molecule has 0 radical (unpaired) electrons. The maximum atomic E-state index is 14.3. The van der Waals surface area contributed by atoms with Crippen LogP contribution in [0.1, 0.15) is 97.7 Å². The van der Waals surface area contributed by atoms with Crippen molar-refractivity contribution in [3.63, 3.8) is 0 Å². The Morgan fingerprint density at radius 3 is 2.60 bits per heavy atom. The van der Waals surface area contributed by atoms with Gasteiger partial charge in [0.15, 0.2) is 23.0 Å². The van der Waals surface area contributed by atoms with Crippen molar-refractivity contribution >= 4 is 28.2 Å². The molecule has 274 valence electrons. The van der Waals surface area contributed by atoms with E-state index in [9.17, 15) is 19.8 Å². The summed E-state index contributed by atoms with van der Waals surface area (Å²) in [6.07, 6.45) is 9.82. The highest BCUT2D eigenvalue weighted by Gasteiger charge is 2.40. The molecule has 52 heavy (non-hydrogen) atoms. The molecule has 3 aliphatic carbocycles. The molecule has 0 saturated heterocycles. The number of aromatic amines is 1. The average Bonchev–Trinajstić information content (AvgIpc) is 3.43. The monoisotopic (exact) mass is 707 g/mol. The number of rotatable bonds is 12. The van der Waals surface area contributed by atoms with Crippen molar-refractivity contribution in [2.75, 3.05) is 20.3 Å². The third kappa shape index (κ3) is 7.16. The number of fused-ring (bicyclic) bond motifs is 5. The molecule has 0 bridgehead atoms. The van der Waals surface area contributed by atoms with Crippen LogP contribution in [0.25, 0.3) is 16.5 Å². The van der Waals surface area contributed by atoms with Gasteiger partial charge in [0.2, 0.25) is 0 Å². The van der Waals surface area contributed by atoms with E-state index < -0.39 is 12.1 Å². The smallest absolute Gasteiger partial charge is 0.302 e. The van der Waals surface area contributed by atoms with E-state index in [2.05, 4.69) is 35.3 Å². The standard InChI is InChI=1S/C43H49NO8/c1-25(46)52-29(16-14-26-15-17-38(48)39(20-26)51-19-18-45)22-28(47)23-34-30-9-4-3-8-27(30)21-36-41-33(43(49)40(50-2)24-35(34)41)12-7-11-32-31-10-5-6-13-37(31)44-42(32)36/h5-6,10,13,15,17,20-21,24,27,29-30,34,44-45,48-49H,3-4,7-9,11-12,14,16,18-19,22-23H2,1-2H3/t27-,29-,30+,34-/m1/s1. The van der Waals surface area contributed by atoms with Crippen LogP contribution >= 0.6 is 0 Å². The van der Waals surface area contributed by atoms with Gasteiger partial charge in [0, 0.05) is 41.8 Å². The first kappa shape index (κ1) is 35.6. The molecule has 9 nitrogen and oxygen atoms in total. The fourth-order valence-corrected chi connectivity index (χ4v) is 9.09. The number of methoxy groups -OCH3 is 1. The Morgan fingerprint density at radius 2 is 1.79 bits per heavy atom. The first-order valence-corrected chi connectivity index (χ1v) is 18.7. The lowest BCUT2D eigenvalue weighted by Crippen LogP contribution is -2.28. The first-order chi connectivity index (χ1) is 25.2. The van der Waals surface area contributed by atoms with Gasteiger partial charge >= 0.3 is 5.97 Å². The van der Waals surface area contributed by atoms with Gasteiger partial charge in [-0.05, 0) is 109 Å². The molecule has 1 fully saturated rings. The second-order valence-electron chi connectivity index (χ2n) is 14.6. The summed E-state index contributed by atoms with van der Waals surface area (Å²) in [6, 6.07) is 15.5. The second kappa shape index (κ2) is 15.5. The van der Waals surface area contributed by atoms with Crippen molar-refractivity contribution in [2.24, 2.45) is 11.8 Å². The number of aliphatic hydroxyl groups is 1. The third-order valence-electron chi connectivity index (χ3n) is 11.4. The number of phenolic OH excluding ortho intramolecular Hbond substituents is 2. The van der Waals surface area contributed by atoms with E-state index in [4.69, 9.17) is 19.3 Å². The van der Waals surface area contributed by atoms with Crippen molar-refractivity contribution < 1.29 is 39.1 Å². The van der Waals surface area contributed by atoms with Crippen LogP contribution in [0.2, 0.25) is 0 Å². The number of aliphatic hydroxyl groups excluding tert-OH is 1. The predicted octanol–water partition coefficient (Wildman–Crippen LogP) is 7.70. The highest BCUT2D eigenvalue weighted by molar-refractivity contribution is 5.95. The molecule has 1 aromatic heterocycles. The molecule has 0 aliphatic heterocycles. The molecule has 4 aromatic rings. The van der Waals surface area contributed by atoms with Crippen molar-refractivity contribution in [1.29, 1.82) is 0 Å². The van der Waals surface area contributed by atoms with Crippen molar-refractivity contribution in [2.45, 2.75) is 89.6 Å². The Balaban J connectivity index is 1.23. The number of ketones is 1. The van der Waals surface area contributed by atoms with Crippen molar-refractivity contribution in [3.8, 4) is 23.0 Å². The zero-order valence-corrected chi connectivity index (χ0v) is 30.1. The molecule has 3 aliphatic rings. The van der Waals surface area contributed by atoms with Gasteiger partial charge in [-0.15, -0.1) is 0 Å². The van der Waals surface area contributed by atoms with Gasteiger partial charge in [-0.3, -0.25) is 9.59 Å². The lowest BCUT2D eigenvalue weighted by Gasteiger charge is -2.35. The number of benzene rings is 3. The van der Waals surface area contributed by atoms with E-state index in [1.807, 2.05) is 6.07 Å². The zero-order chi connectivity index (χ0) is 36.4. The summed E-state index contributed by atoms with van der Waals surface area (Å²) in [4.78, 5) is 30.3. The topological polar surface area (TPSA) is 138 Å². The summed E-state index contributed by atoms with van der Waals surface area (Å²) >= 11 is 0. The molecule has 3 aromatic carbocycles. The van der Waals surface area contributed by atoms with E-state index in [0.717, 1.165) is 77.6 Å². The van der Waals surface area contributed by atoms with Gasteiger partial charge in [0.05, 0.1) is 19.4 Å². The summed E-state index contributed by atoms with van der Waals surface area (Å²) in [5.74, 6) is 0.829. The lowest BCUT2D eigenvalue weighted by atomic mass is 9.69. The molecule has 4 atom stereocenters. The van der Waals surface area contributed by atoms with Gasteiger partial charge in [0.25, 0.3) is 0 Å². The maximum absolute atomic E-state index is 14.3. The highest BCUT2D eigenvalue weighted by Crippen LogP contribution is 2.54. The number of allylic oxidation sites excluding steroid dienone is 1. The molecule has 9 heteroatoms. The molecule has 0 spiro atoms. The van der Waals surface area contributed by atoms with Crippen LogP contribution in [0.3, 0.4) is 0 Å². The quantitative estimate of drug-likeness (QED) is 0.110. The number of phenols is 2. The minimum atomic E-state index is -0.619. The normalized spacial score (nSPS) is 19.9. The van der Waals surface area contributed by atoms with Crippen LogP contribution in [0.15, 0.2) is 54.6 Å². The molecule has 1 heterocycles. The Labute approximate surface area is 304 Å². The van der Waals surface area contributed by atoms with Crippen LogP contribution in [0.5, 0.6) is 23.0 Å². The number of H-pyrrole nitrogens is 1. The summed E-state index contributed by atoms with van der Waals surface area (Å²) in [6.45, 7) is 1.24. The number of aromatic hydroxyl groups is 2. The molecule has 0 amide bonds. The number of para-hydroxylation sites is 1. The summed E-state index contributed by atoms with van der Waals surface area (Å²) in [5.41, 5.74) is 8.46. The number of carbonyl (C=O) groups excluding carboxylic acids is 2. The Kier molecular flexibility index (Phi) is 10.6. The van der Waals surface area contributed by atoms with Gasteiger partial charge in [-0.25, -0.2) is 0 Å². The van der Waals surface area contributed by atoms with E-state index in [1.54, 1.807) is 25.3 Å². The van der Waals surface area contributed by atoms with Crippen molar-refractivity contribution in [1.82, 2.24) is 4.98 Å². The van der Waals surface area contributed by atoms with Crippen LogP contribution in [0.4, 0.5) is 0 Å². The molecule has 0 unspecified atom stereocenters. The number of carbonyl (C=O) groups is 2. The zero-order valence-electron chi connectivity index (χ0n) is 30.1. The van der Waals surface area contributed by atoms with Crippen LogP contribution < -0.4 is 9.47 Å². The Hall–Kier alpha value is -4.76. The number of ether oxygens (including phenoxy) is 3. The number of hydrogen-bond acceptors (Lipinski definition) is 8. The summed E-state index contributed by atoms with van der Waals surface area (Å²) in [5, 5.41) is 32.2. The van der Waals surface area contributed by atoms with Crippen LogP contribution in [-0.4, -0.2) is 58.5 Å². The number of Topliss-reactive ketones (excluding diaryl/α,β-unsaturated/α-hetero) is 1. The number of hydrogen-bond donors (Lipinski definition) is 4.